The Balaban J connectivity index is 2.85. The number of nitrogens with two attached hydrogens (primary N) is 1. The Morgan fingerprint density at radius 3 is 2.33 bits per heavy atom. The van der Waals surface area contributed by atoms with Gasteiger partial charge in [-0.3, -0.25) is 0 Å². The third kappa shape index (κ3) is 2.01. The van der Waals surface area contributed by atoms with Gasteiger partial charge in [-0.25, -0.2) is 0 Å². The number of rotatable bonds is 1. The summed E-state index contributed by atoms with van der Waals surface area (Å²) in [7, 11) is 0. The molecule has 0 aliphatic rings. The molecule has 0 bridgehead atoms. The highest BCUT2D eigenvalue weighted by atomic mass is 79.9. The van der Waals surface area contributed by atoms with Gasteiger partial charge in [-0.05, 0) is 28.1 Å². The molecule has 0 saturated carbocycles. The first kappa shape index (κ1) is 9.60. The molecule has 1 atom stereocenters. The number of halogens is 4. The zero-order chi connectivity index (χ0) is 9.35. The van der Waals surface area contributed by atoms with Gasteiger partial charge in [0.1, 0.15) is 5.76 Å². The fourth-order valence-corrected chi connectivity index (χ4v) is 0.976. The van der Waals surface area contributed by atoms with Crippen LogP contribution in [0.4, 0.5) is 13.2 Å². The van der Waals surface area contributed by atoms with E-state index < -0.39 is 12.2 Å². The van der Waals surface area contributed by atoms with Crippen LogP contribution < -0.4 is 5.73 Å². The van der Waals surface area contributed by atoms with Gasteiger partial charge in [0, 0.05) is 0 Å². The maximum atomic E-state index is 11.9. The molecule has 1 heterocycles. The van der Waals surface area contributed by atoms with E-state index in [1.165, 1.54) is 12.1 Å². The quantitative estimate of drug-likeness (QED) is 0.824. The van der Waals surface area contributed by atoms with Gasteiger partial charge in [-0.2, -0.15) is 13.2 Å². The molecule has 0 aromatic carbocycles. The predicted molar refractivity (Wildman–Crippen MR) is 39.4 cm³/mol. The molecular weight excluding hydrogens is 239 g/mol. The van der Waals surface area contributed by atoms with E-state index in [2.05, 4.69) is 20.3 Å². The third-order valence-corrected chi connectivity index (χ3v) is 1.68. The molecule has 1 rings (SSSR count). The first-order chi connectivity index (χ1) is 5.41. The summed E-state index contributed by atoms with van der Waals surface area (Å²) in [6.07, 6.45) is -4.46. The Labute approximate surface area is 74.7 Å². The maximum Gasteiger partial charge on any atom is 0.410 e. The van der Waals surface area contributed by atoms with Crippen LogP contribution in [0.15, 0.2) is 21.2 Å². The van der Waals surface area contributed by atoms with E-state index in [1.807, 2.05) is 0 Å². The Kier molecular flexibility index (Phi) is 2.48. The van der Waals surface area contributed by atoms with Gasteiger partial charge < -0.3 is 10.2 Å². The van der Waals surface area contributed by atoms with Crippen LogP contribution >= 0.6 is 15.9 Å². The Bertz CT molecular complexity index is 270. The predicted octanol–water partition coefficient (Wildman–Crippen LogP) is 2.60. The summed E-state index contributed by atoms with van der Waals surface area (Å²) >= 11 is 2.88. The SMILES string of the molecule is NC(c1ccc(Br)o1)C(F)(F)F. The van der Waals surface area contributed by atoms with Crippen LogP contribution in [-0.2, 0) is 0 Å². The van der Waals surface area contributed by atoms with Gasteiger partial charge in [0.05, 0.1) is 0 Å². The molecule has 6 heteroatoms. The number of furan rings is 1. The minimum absolute atomic E-state index is 0.234. The Hall–Kier alpha value is -0.490. The summed E-state index contributed by atoms with van der Waals surface area (Å²) < 4.78 is 40.7. The van der Waals surface area contributed by atoms with E-state index in [1.54, 1.807) is 0 Å². The molecule has 0 saturated heterocycles. The van der Waals surface area contributed by atoms with E-state index in [4.69, 9.17) is 5.73 Å². The number of hydrogen-bond acceptors (Lipinski definition) is 2. The van der Waals surface area contributed by atoms with Crippen LogP contribution in [0.1, 0.15) is 11.8 Å². The van der Waals surface area contributed by atoms with E-state index in [0.29, 0.717) is 0 Å². The van der Waals surface area contributed by atoms with Crippen molar-refractivity contribution in [1.82, 2.24) is 0 Å². The zero-order valence-corrected chi connectivity index (χ0v) is 7.32. The average molecular weight is 244 g/mol. The first-order valence-electron chi connectivity index (χ1n) is 2.99. The third-order valence-electron chi connectivity index (χ3n) is 1.25. The second kappa shape index (κ2) is 3.10. The standard InChI is InChI=1S/C6H5BrF3NO/c7-4-2-1-3(12-4)5(11)6(8,9)10/h1-2,5H,11H2. The normalized spacial score (nSPS) is 14.8. The molecule has 0 amide bonds. The summed E-state index contributed by atoms with van der Waals surface area (Å²) in [6.45, 7) is 0. The molecule has 0 aliphatic carbocycles. The highest BCUT2D eigenvalue weighted by Crippen LogP contribution is 2.32. The minimum atomic E-state index is -4.46. The van der Waals surface area contributed by atoms with E-state index in [9.17, 15) is 13.2 Å². The lowest BCUT2D eigenvalue weighted by atomic mass is 10.2. The molecule has 1 aromatic rings. The van der Waals surface area contributed by atoms with E-state index >= 15 is 0 Å². The molecule has 68 valence electrons. The molecule has 1 aromatic heterocycles. The molecule has 0 fully saturated rings. The van der Waals surface area contributed by atoms with Gasteiger partial charge in [-0.1, -0.05) is 0 Å². The fourth-order valence-electron chi connectivity index (χ4n) is 0.657. The Morgan fingerprint density at radius 2 is 2.00 bits per heavy atom. The van der Waals surface area contributed by atoms with Crippen molar-refractivity contribution in [2.75, 3.05) is 0 Å². The molecule has 12 heavy (non-hydrogen) atoms. The van der Waals surface area contributed by atoms with Crippen molar-refractivity contribution >= 4 is 15.9 Å². The largest absolute Gasteiger partial charge is 0.452 e. The van der Waals surface area contributed by atoms with Crippen LogP contribution in [0.5, 0.6) is 0 Å². The molecule has 0 spiro atoms. The van der Waals surface area contributed by atoms with Gasteiger partial charge in [0.25, 0.3) is 0 Å². The lowest BCUT2D eigenvalue weighted by Gasteiger charge is -2.12. The second-order valence-electron chi connectivity index (χ2n) is 2.16. The molecule has 2 N–H and O–H groups in total. The second-order valence-corrected chi connectivity index (χ2v) is 2.94. The topological polar surface area (TPSA) is 39.2 Å². The van der Waals surface area contributed by atoms with Gasteiger partial charge in [0.2, 0.25) is 0 Å². The number of hydrogen-bond donors (Lipinski definition) is 1. The summed E-state index contributed by atoms with van der Waals surface area (Å²) in [5.41, 5.74) is 4.85. The van der Waals surface area contributed by atoms with Crippen LogP contribution in [-0.4, -0.2) is 6.18 Å². The zero-order valence-electron chi connectivity index (χ0n) is 5.73. The fraction of sp³-hybridized carbons (Fsp3) is 0.333. The summed E-state index contributed by atoms with van der Waals surface area (Å²) in [4.78, 5) is 0. The monoisotopic (exact) mass is 243 g/mol. The highest BCUT2D eigenvalue weighted by Gasteiger charge is 2.39. The molecular formula is C6H5BrF3NO. The van der Waals surface area contributed by atoms with Crippen molar-refractivity contribution in [1.29, 1.82) is 0 Å². The van der Waals surface area contributed by atoms with Gasteiger partial charge in [0.15, 0.2) is 10.7 Å². The maximum absolute atomic E-state index is 11.9. The minimum Gasteiger partial charge on any atom is -0.452 e. The molecule has 2 nitrogen and oxygen atoms in total. The van der Waals surface area contributed by atoms with E-state index in [-0.39, 0.29) is 10.4 Å². The lowest BCUT2D eigenvalue weighted by molar-refractivity contribution is -0.152. The molecule has 0 aliphatic heterocycles. The molecule has 0 radical (unpaired) electrons. The van der Waals surface area contributed by atoms with Gasteiger partial charge >= 0.3 is 6.18 Å². The van der Waals surface area contributed by atoms with Crippen molar-refractivity contribution in [2.24, 2.45) is 5.73 Å². The van der Waals surface area contributed by atoms with Crippen molar-refractivity contribution in [3.8, 4) is 0 Å². The average Bonchev–Trinajstić information content (AvgIpc) is 2.32. The van der Waals surface area contributed by atoms with Crippen LogP contribution in [0.25, 0.3) is 0 Å². The summed E-state index contributed by atoms with van der Waals surface area (Å²) in [5, 5.41) is 0. The van der Waals surface area contributed by atoms with Crippen molar-refractivity contribution in [2.45, 2.75) is 12.2 Å². The van der Waals surface area contributed by atoms with Crippen LogP contribution in [0.2, 0.25) is 0 Å². The van der Waals surface area contributed by atoms with Crippen molar-refractivity contribution in [3.63, 3.8) is 0 Å². The van der Waals surface area contributed by atoms with Crippen LogP contribution in [0, 0.1) is 0 Å². The van der Waals surface area contributed by atoms with E-state index in [0.717, 1.165) is 0 Å². The van der Waals surface area contributed by atoms with Crippen LogP contribution in [0.3, 0.4) is 0 Å². The van der Waals surface area contributed by atoms with Crippen molar-refractivity contribution < 1.29 is 17.6 Å². The smallest absolute Gasteiger partial charge is 0.410 e. The molecule has 1 unspecified atom stereocenters. The number of alkyl halides is 3. The van der Waals surface area contributed by atoms with Crippen molar-refractivity contribution in [3.05, 3.63) is 22.6 Å². The lowest BCUT2D eigenvalue weighted by Crippen LogP contribution is -2.27. The summed E-state index contributed by atoms with van der Waals surface area (Å²) in [5.74, 6) is -0.297. The summed E-state index contributed by atoms with van der Waals surface area (Å²) in [6, 6.07) is 0.493. The highest BCUT2D eigenvalue weighted by molar-refractivity contribution is 9.10. The van der Waals surface area contributed by atoms with Gasteiger partial charge in [-0.15, -0.1) is 0 Å². The first-order valence-corrected chi connectivity index (χ1v) is 3.78. The Morgan fingerprint density at radius 1 is 1.42 bits per heavy atom.